The van der Waals surface area contributed by atoms with Crippen molar-refractivity contribution in [2.45, 2.75) is 19.3 Å². The number of likely N-dealkylation sites (tertiary alicyclic amines) is 1. The fourth-order valence-electron chi connectivity index (χ4n) is 3.38. The third kappa shape index (κ3) is 5.59. The lowest BCUT2D eigenvalue weighted by molar-refractivity contribution is -0.114. The van der Waals surface area contributed by atoms with Gasteiger partial charge in [0.05, 0.1) is 6.54 Å². The summed E-state index contributed by atoms with van der Waals surface area (Å²) in [6, 6.07) is 14.0. The molecule has 2 aromatic rings. The molecule has 1 saturated heterocycles. The molecule has 2 aromatic carbocycles. The number of rotatable bonds is 6. The van der Waals surface area contributed by atoms with Crippen LogP contribution in [-0.4, -0.2) is 61.3 Å². The number of benzene rings is 2. The number of anilines is 2. The van der Waals surface area contributed by atoms with Crippen LogP contribution >= 0.6 is 0 Å². The van der Waals surface area contributed by atoms with Gasteiger partial charge in [-0.2, -0.15) is 0 Å². The van der Waals surface area contributed by atoms with Gasteiger partial charge in [-0.05, 0) is 61.7 Å². The van der Waals surface area contributed by atoms with E-state index in [1.807, 2.05) is 4.90 Å². The van der Waals surface area contributed by atoms with Crippen molar-refractivity contribution >= 4 is 29.1 Å². The second-order valence-corrected chi connectivity index (χ2v) is 7.61. The smallest absolute Gasteiger partial charge is 0.253 e. The standard InChI is InChI=1S/C23H28N4O3/c1-26(2)22(29)18-7-6-8-20(15-18)24-16-21(28)25-19-11-9-17(10-12-19)23(30)27-13-4-3-5-14-27/h6-12,15,24H,3-5,13-14,16H2,1-2H3,(H,25,28). The zero-order valence-corrected chi connectivity index (χ0v) is 17.5. The Hall–Kier alpha value is -3.35. The Morgan fingerprint density at radius 2 is 1.60 bits per heavy atom. The number of carbonyl (C=O) groups is 3. The molecule has 158 valence electrons. The third-order valence-corrected chi connectivity index (χ3v) is 5.03. The maximum Gasteiger partial charge on any atom is 0.253 e. The zero-order valence-electron chi connectivity index (χ0n) is 17.5. The molecule has 0 bridgehead atoms. The zero-order chi connectivity index (χ0) is 21.5. The van der Waals surface area contributed by atoms with E-state index in [4.69, 9.17) is 0 Å². The van der Waals surface area contributed by atoms with Crippen molar-refractivity contribution in [3.63, 3.8) is 0 Å². The monoisotopic (exact) mass is 408 g/mol. The van der Waals surface area contributed by atoms with Gasteiger partial charge < -0.3 is 20.4 Å². The van der Waals surface area contributed by atoms with Crippen molar-refractivity contribution < 1.29 is 14.4 Å². The van der Waals surface area contributed by atoms with Crippen molar-refractivity contribution in [1.82, 2.24) is 9.80 Å². The van der Waals surface area contributed by atoms with Gasteiger partial charge in [0.15, 0.2) is 0 Å². The van der Waals surface area contributed by atoms with Gasteiger partial charge in [0.2, 0.25) is 5.91 Å². The van der Waals surface area contributed by atoms with Gasteiger partial charge in [-0.1, -0.05) is 6.07 Å². The van der Waals surface area contributed by atoms with Crippen LogP contribution in [0.15, 0.2) is 48.5 Å². The van der Waals surface area contributed by atoms with Crippen molar-refractivity contribution in [1.29, 1.82) is 0 Å². The van der Waals surface area contributed by atoms with Crippen LogP contribution in [-0.2, 0) is 4.79 Å². The summed E-state index contributed by atoms with van der Waals surface area (Å²) < 4.78 is 0. The summed E-state index contributed by atoms with van der Waals surface area (Å²) in [6.07, 6.45) is 3.29. The summed E-state index contributed by atoms with van der Waals surface area (Å²) in [6.45, 7) is 1.68. The Kier molecular flexibility index (Phi) is 7.06. The molecule has 0 aliphatic carbocycles. The highest BCUT2D eigenvalue weighted by Gasteiger charge is 2.18. The number of piperidine rings is 1. The summed E-state index contributed by atoms with van der Waals surface area (Å²) in [5.41, 5.74) is 2.52. The quantitative estimate of drug-likeness (QED) is 0.770. The predicted molar refractivity (Wildman–Crippen MR) is 118 cm³/mol. The number of nitrogens with zero attached hydrogens (tertiary/aromatic N) is 2. The molecule has 0 unspecified atom stereocenters. The average Bonchev–Trinajstić information content (AvgIpc) is 2.78. The Bertz CT molecular complexity index is 903. The van der Waals surface area contributed by atoms with E-state index in [1.165, 1.54) is 11.3 Å². The van der Waals surface area contributed by atoms with Crippen LogP contribution in [0.1, 0.15) is 40.0 Å². The van der Waals surface area contributed by atoms with Gasteiger partial charge in [0, 0.05) is 49.7 Å². The first kappa shape index (κ1) is 21.4. The number of nitrogens with one attached hydrogen (secondary N) is 2. The van der Waals surface area contributed by atoms with E-state index in [2.05, 4.69) is 10.6 Å². The maximum atomic E-state index is 12.5. The lowest BCUT2D eigenvalue weighted by Gasteiger charge is -2.26. The molecule has 0 spiro atoms. The fraction of sp³-hybridized carbons (Fsp3) is 0.348. The van der Waals surface area contributed by atoms with Gasteiger partial charge in [-0.15, -0.1) is 0 Å². The molecule has 1 heterocycles. The maximum absolute atomic E-state index is 12.5. The first-order chi connectivity index (χ1) is 14.4. The molecule has 30 heavy (non-hydrogen) atoms. The first-order valence-electron chi connectivity index (χ1n) is 10.2. The summed E-state index contributed by atoms with van der Waals surface area (Å²) in [5, 5.41) is 5.84. The lowest BCUT2D eigenvalue weighted by Crippen LogP contribution is -2.35. The van der Waals surface area contributed by atoms with Crippen LogP contribution in [0.4, 0.5) is 11.4 Å². The fourth-order valence-corrected chi connectivity index (χ4v) is 3.38. The molecule has 1 fully saturated rings. The highest BCUT2D eigenvalue weighted by Crippen LogP contribution is 2.16. The lowest BCUT2D eigenvalue weighted by atomic mass is 10.1. The van der Waals surface area contributed by atoms with E-state index < -0.39 is 0 Å². The minimum Gasteiger partial charge on any atom is -0.376 e. The SMILES string of the molecule is CN(C)C(=O)c1cccc(NCC(=O)Nc2ccc(C(=O)N3CCCCC3)cc2)c1. The topological polar surface area (TPSA) is 81.8 Å². The van der Waals surface area contributed by atoms with Crippen molar-refractivity contribution in [2.24, 2.45) is 0 Å². The highest BCUT2D eigenvalue weighted by atomic mass is 16.2. The number of hydrogen-bond donors (Lipinski definition) is 2. The third-order valence-electron chi connectivity index (χ3n) is 5.03. The Balaban J connectivity index is 1.52. The summed E-state index contributed by atoms with van der Waals surface area (Å²) in [7, 11) is 3.39. The Labute approximate surface area is 177 Å². The first-order valence-corrected chi connectivity index (χ1v) is 10.2. The van der Waals surface area contributed by atoms with Gasteiger partial charge in [0.25, 0.3) is 11.8 Å². The molecule has 7 heteroatoms. The number of hydrogen-bond acceptors (Lipinski definition) is 4. The van der Waals surface area contributed by atoms with E-state index >= 15 is 0 Å². The molecule has 0 radical (unpaired) electrons. The summed E-state index contributed by atoms with van der Waals surface area (Å²) >= 11 is 0. The van der Waals surface area contributed by atoms with Crippen LogP contribution < -0.4 is 10.6 Å². The summed E-state index contributed by atoms with van der Waals surface area (Å²) in [4.78, 5) is 40.2. The minimum atomic E-state index is -0.213. The molecular weight excluding hydrogens is 380 g/mol. The van der Waals surface area contributed by atoms with Crippen LogP contribution in [0.3, 0.4) is 0 Å². The normalized spacial score (nSPS) is 13.5. The predicted octanol–water partition coefficient (Wildman–Crippen LogP) is 3.07. The van der Waals surface area contributed by atoms with Gasteiger partial charge in [0.1, 0.15) is 0 Å². The second kappa shape index (κ2) is 9.91. The molecule has 1 aliphatic rings. The number of carbonyl (C=O) groups excluding carboxylic acids is 3. The number of amides is 3. The van der Waals surface area contributed by atoms with E-state index in [0.717, 1.165) is 25.9 Å². The van der Waals surface area contributed by atoms with Gasteiger partial charge in [-0.25, -0.2) is 0 Å². The van der Waals surface area contributed by atoms with Crippen molar-refractivity contribution in [3.8, 4) is 0 Å². The van der Waals surface area contributed by atoms with Crippen molar-refractivity contribution in [2.75, 3.05) is 44.4 Å². The molecule has 3 amide bonds. The van der Waals surface area contributed by atoms with Crippen LogP contribution in [0.5, 0.6) is 0 Å². The second-order valence-electron chi connectivity index (χ2n) is 7.61. The average molecular weight is 409 g/mol. The van der Waals surface area contributed by atoms with E-state index in [1.54, 1.807) is 62.6 Å². The summed E-state index contributed by atoms with van der Waals surface area (Å²) in [5.74, 6) is -0.266. The minimum absolute atomic E-state index is 0.0430. The van der Waals surface area contributed by atoms with E-state index in [9.17, 15) is 14.4 Å². The van der Waals surface area contributed by atoms with Crippen molar-refractivity contribution in [3.05, 3.63) is 59.7 Å². The molecule has 3 rings (SSSR count). The van der Waals surface area contributed by atoms with Gasteiger partial charge in [-0.3, -0.25) is 14.4 Å². The largest absolute Gasteiger partial charge is 0.376 e. The van der Waals surface area contributed by atoms with E-state index in [-0.39, 0.29) is 24.3 Å². The molecule has 7 nitrogen and oxygen atoms in total. The molecule has 0 saturated carbocycles. The molecule has 0 aromatic heterocycles. The molecule has 0 atom stereocenters. The Morgan fingerprint density at radius 3 is 2.27 bits per heavy atom. The van der Waals surface area contributed by atoms with Crippen LogP contribution in [0.25, 0.3) is 0 Å². The van der Waals surface area contributed by atoms with Crippen LogP contribution in [0, 0.1) is 0 Å². The Morgan fingerprint density at radius 1 is 0.900 bits per heavy atom. The molecule has 2 N–H and O–H groups in total. The highest BCUT2D eigenvalue weighted by molar-refractivity contribution is 5.97. The van der Waals surface area contributed by atoms with E-state index in [0.29, 0.717) is 22.5 Å². The van der Waals surface area contributed by atoms with Crippen LogP contribution in [0.2, 0.25) is 0 Å². The van der Waals surface area contributed by atoms with Gasteiger partial charge >= 0.3 is 0 Å². The molecular formula is C23H28N4O3. The molecule has 1 aliphatic heterocycles.